The fraction of sp³-hybridized carbons (Fsp3) is 0.538. The molecule has 1 amide bonds. The van der Waals surface area contributed by atoms with Gasteiger partial charge < -0.3 is 9.64 Å². The van der Waals surface area contributed by atoms with Gasteiger partial charge in [0.05, 0.1) is 18.2 Å². The number of pyridine rings is 1. The molecule has 0 aliphatic carbocycles. The summed E-state index contributed by atoms with van der Waals surface area (Å²) < 4.78 is 7.01. The predicted molar refractivity (Wildman–Crippen MR) is 74.3 cm³/mol. The number of hydrogen-bond donors (Lipinski definition) is 1. The zero-order valence-electron chi connectivity index (χ0n) is 10.9. The highest BCUT2D eigenvalue weighted by atomic mass is 32.1. The van der Waals surface area contributed by atoms with Gasteiger partial charge in [-0.1, -0.05) is 12.8 Å². The summed E-state index contributed by atoms with van der Waals surface area (Å²) >= 11 is 4.35. The molecule has 0 bridgehead atoms. The van der Waals surface area contributed by atoms with Crippen LogP contribution >= 0.6 is 12.8 Å². The smallest absolute Gasteiger partial charge is 0.256 e. The Labute approximate surface area is 118 Å². The lowest BCUT2D eigenvalue weighted by atomic mass is 9.98. The zero-order valence-corrected chi connectivity index (χ0v) is 11.8. The second-order valence-corrected chi connectivity index (χ2v) is 5.72. The lowest BCUT2D eigenvalue weighted by molar-refractivity contribution is 0.0836. The molecule has 0 saturated carbocycles. The number of carbonyl (C=O) groups excluding carboxylic acids is 1. The van der Waals surface area contributed by atoms with Crippen molar-refractivity contribution in [3.63, 3.8) is 0 Å². The number of thiol groups is 1. The van der Waals surface area contributed by atoms with Gasteiger partial charge in [0.15, 0.2) is 0 Å². The van der Waals surface area contributed by atoms with Gasteiger partial charge in [-0.25, -0.2) is 4.98 Å². The minimum atomic E-state index is 0.0720. The number of ether oxygens (including phenoxy) is 1. The normalized spacial score (nSPS) is 21.5. The molecule has 1 aromatic rings. The molecule has 2 aliphatic heterocycles. The van der Waals surface area contributed by atoms with Crippen LogP contribution in [-0.4, -0.2) is 52.4 Å². The number of hydrogen-bond acceptors (Lipinski definition) is 5. The average Bonchev–Trinajstić information content (AvgIpc) is 3.16. The molecule has 0 atom stereocenters. The summed E-state index contributed by atoms with van der Waals surface area (Å²) in [6, 6.07) is 3.49. The summed E-state index contributed by atoms with van der Waals surface area (Å²) in [7, 11) is 1.56. The highest BCUT2D eigenvalue weighted by Crippen LogP contribution is 2.43. The summed E-state index contributed by atoms with van der Waals surface area (Å²) in [5.41, 5.74) is 0.710. The standard InChI is InChI=1S/C13H17N3O2S/c1-18-11-3-2-10(8-14-11)12(17)16-9-13(16)4-6-15(19)7-5-13/h2-3,8,19H,4-7,9H2,1H3. The molecule has 0 N–H and O–H groups in total. The molecule has 1 spiro atoms. The molecular weight excluding hydrogens is 262 g/mol. The van der Waals surface area contributed by atoms with Crippen molar-refractivity contribution >= 4 is 18.7 Å². The maximum absolute atomic E-state index is 12.4. The number of rotatable bonds is 2. The van der Waals surface area contributed by atoms with Crippen LogP contribution in [-0.2, 0) is 0 Å². The Morgan fingerprint density at radius 2 is 2.16 bits per heavy atom. The van der Waals surface area contributed by atoms with Crippen LogP contribution in [0.1, 0.15) is 23.2 Å². The lowest BCUT2D eigenvalue weighted by Gasteiger charge is -2.28. The number of carbonyl (C=O) groups is 1. The first-order valence-corrected chi connectivity index (χ1v) is 6.80. The minimum absolute atomic E-state index is 0.0720. The van der Waals surface area contributed by atoms with Crippen molar-refractivity contribution in [3.05, 3.63) is 23.9 Å². The summed E-state index contributed by atoms with van der Waals surface area (Å²) in [4.78, 5) is 18.4. The van der Waals surface area contributed by atoms with Crippen molar-refractivity contribution in [1.29, 1.82) is 0 Å². The molecule has 2 aliphatic rings. The van der Waals surface area contributed by atoms with Crippen molar-refractivity contribution in [2.75, 3.05) is 26.7 Å². The van der Waals surface area contributed by atoms with Crippen LogP contribution in [0.5, 0.6) is 5.88 Å². The quantitative estimate of drug-likeness (QED) is 0.653. The number of nitrogens with zero attached hydrogens (tertiary/aromatic N) is 3. The van der Waals surface area contributed by atoms with Crippen molar-refractivity contribution in [1.82, 2.24) is 14.2 Å². The molecule has 1 aromatic heterocycles. The maximum Gasteiger partial charge on any atom is 0.256 e. The third-order valence-corrected chi connectivity index (χ3v) is 4.43. The average molecular weight is 279 g/mol. The van der Waals surface area contributed by atoms with E-state index in [0.29, 0.717) is 11.4 Å². The van der Waals surface area contributed by atoms with Crippen LogP contribution in [0.4, 0.5) is 0 Å². The summed E-state index contributed by atoms with van der Waals surface area (Å²) in [5.74, 6) is 0.600. The van der Waals surface area contributed by atoms with E-state index >= 15 is 0 Å². The van der Waals surface area contributed by atoms with Crippen LogP contribution < -0.4 is 4.74 Å². The fourth-order valence-electron chi connectivity index (χ4n) is 2.67. The zero-order chi connectivity index (χ0) is 13.5. The third-order valence-electron chi connectivity index (χ3n) is 4.03. The largest absolute Gasteiger partial charge is 0.481 e. The molecule has 3 rings (SSSR count). The van der Waals surface area contributed by atoms with Gasteiger partial charge in [-0.05, 0) is 18.9 Å². The Morgan fingerprint density at radius 3 is 2.74 bits per heavy atom. The van der Waals surface area contributed by atoms with Crippen LogP contribution in [0.3, 0.4) is 0 Å². The highest BCUT2D eigenvalue weighted by Gasteiger charge is 2.55. The van der Waals surface area contributed by atoms with Gasteiger partial charge in [0, 0.05) is 31.9 Å². The molecule has 102 valence electrons. The molecular formula is C13H17N3O2S. The Hall–Kier alpha value is -1.27. The number of piperidine rings is 1. The fourth-order valence-corrected chi connectivity index (χ4v) is 2.87. The summed E-state index contributed by atoms with van der Waals surface area (Å²) in [6.07, 6.45) is 3.60. The molecule has 6 heteroatoms. The van der Waals surface area contributed by atoms with Gasteiger partial charge in [0.2, 0.25) is 5.88 Å². The van der Waals surface area contributed by atoms with Gasteiger partial charge in [-0.15, -0.1) is 0 Å². The first-order chi connectivity index (χ1) is 9.14. The number of amides is 1. The van der Waals surface area contributed by atoms with Gasteiger partial charge in [-0.2, -0.15) is 0 Å². The Balaban J connectivity index is 1.68. The molecule has 0 unspecified atom stereocenters. The topological polar surface area (TPSA) is 45.4 Å². The van der Waals surface area contributed by atoms with E-state index in [1.165, 1.54) is 0 Å². The molecule has 2 saturated heterocycles. The Bertz CT molecular complexity index is 483. The predicted octanol–water partition coefficient (Wildman–Crippen LogP) is 1.23. The van der Waals surface area contributed by atoms with E-state index in [4.69, 9.17) is 4.74 Å². The molecule has 5 nitrogen and oxygen atoms in total. The summed E-state index contributed by atoms with van der Waals surface area (Å²) in [5, 5.41) is 0. The Kier molecular flexibility index (Phi) is 3.14. The molecule has 19 heavy (non-hydrogen) atoms. The van der Waals surface area contributed by atoms with E-state index < -0.39 is 0 Å². The molecule has 0 radical (unpaired) electrons. The van der Waals surface area contributed by atoms with E-state index in [0.717, 1.165) is 32.5 Å². The highest BCUT2D eigenvalue weighted by molar-refractivity contribution is 7.77. The second-order valence-electron chi connectivity index (χ2n) is 5.16. The van der Waals surface area contributed by atoms with Gasteiger partial charge in [0.1, 0.15) is 0 Å². The van der Waals surface area contributed by atoms with E-state index in [1.54, 1.807) is 25.4 Å². The van der Waals surface area contributed by atoms with E-state index in [2.05, 4.69) is 17.8 Å². The lowest BCUT2D eigenvalue weighted by Crippen LogP contribution is -2.36. The van der Waals surface area contributed by atoms with E-state index in [-0.39, 0.29) is 11.4 Å². The SMILES string of the molecule is COc1ccc(C(=O)N2CC23CCN(S)CC3)cn1. The minimum Gasteiger partial charge on any atom is -0.481 e. The van der Waals surface area contributed by atoms with Gasteiger partial charge in [-0.3, -0.25) is 9.10 Å². The molecule has 3 heterocycles. The van der Waals surface area contributed by atoms with Gasteiger partial charge in [0.25, 0.3) is 5.91 Å². The van der Waals surface area contributed by atoms with E-state index in [1.807, 2.05) is 9.21 Å². The van der Waals surface area contributed by atoms with Gasteiger partial charge >= 0.3 is 0 Å². The second kappa shape index (κ2) is 4.68. The van der Waals surface area contributed by atoms with Crippen molar-refractivity contribution in [2.45, 2.75) is 18.4 Å². The first-order valence-electron chi connectivity index (χ1n) is 6.40. The number of methoxy groups -OCH3 is 1. The number of aromatic nitrogens is 1. The first kappa shape index (κ1) is 12.7. The third kappa shape index (κ3) is 2.30. The van der Waals surface area contributed by atoms with Crippen molar-refractivity contribution in [3.8, 4) is 5.88 Å². The van der Waals surface area contributed by atoms with Crippen LogP contribution in [0.25, 0.3) is 0 Å². The summed E-state index contributed by atoms with van der Waals surface area (Å²) in [6.45, 7) is 2.74. The van der Waals surface area contributed by atoms with Crippen LogP contribution in [0.15, 0.2) is 18.3 Å². The molecule has 0 aromatic carbocycles. The van der Waals surface area contributed by atoms with Crippen LogP contribution in [0, 0.1) is 0 Å². The molecule has 2 fully saturated rings. The monoisotopic (exact) mass is 279 g/mol. The van der Waals surface area contributed by atoms with Crippen LogP contribution in [0.2, 0.25) is 0 Å². The maximum atomic E-state index is 12.4. The Morgan fingerprint density at radius 1 is 1.42 bits per heavy atom. The van der Waals surface area contributed by atoms with E-state index in [9.17, 15) is 4.79 Å². The van der Waals surface area contributed by atoms with Crippen molar-refractivity contribution < 1.29 is 9.53 Å². The van der Waals surface area contributed by atoms with Crippen molar-refractivity contribution in [2.24, 2.45) is 0 Å².